The van der Waals surface area contributed by atoms with Crippen LogP contribution in [0.4, 0.5) is 4.79 Å². The summed E-state index contributed by atoms with van der Waals surface area (Å²) in [5.74, 6) is -1.07. The summed E-state index contributed by atoms with van der Waals surface area (Å²) in [6, 6.07) is 14.9. The number of carbonyl (C=O) groups is 2. The highest BCUT2D eigenvalue weighted by Gasteiger charge is 2.33. The first-order valence-electron chi connectivity index (χ1n) is 10.3. The number of ether oxygens (including phenoxy) is 1. The van der Waals surface area contributed by atoms with Crippen LogP contribution in [-0.4, -0.2) is 41.8 Å². The van der Waals surface area contributed by atoms with Gasteiger partial charge in [-0.05, 0) is 75.4 Å². The Morgan fingerprint density at radius 1 is 1.23 bits per heavy atom. The van der Waals surface area contributed by atoms with Gasteiger partial charge in [-0.15, -0.1) is 0 Å². The third-order valence-electron chi connectivity index (χ3n) is 5.98. The third-order valence-corrected chi connectivity index (χ3v) is 6.65. The van der Waals surface area contributed by atoms with Gasteiger partial charge >= 0.3 is 12.1 Å². The molecule has 1 amide bonds. The zero-order valence-corrected chi connectivity index (χ0v) is 19.4. The Morgan fingerprint density at radius 2 is 2.03 bits per heavy atom. The minimum Gasteiger partial charge on any atom is -0.480 e. The summed E-state index contributed by atoms with van der Waals surface area (Å²) in [6.45, 7) is 0.193. The predicted molar refractivity (Wildman–Crippen MR) is 128 cm³/mol. The van der Waals surface area contributed by atoms with Crippen LogP contribution in [0.2, 0.25) is 0 Å². The van der Waals surface area contributed by atoms with Crippen molar-refractivity contribution in [3.05, 3.63) is 86.5 Å². The van der Waals surface area contributed by atoms with E-state index in [4.69, 9.17) is 4.74 Å². The van der Waals surface area contributed by atoms with Crippen molar-refractivity contribution in [2.45, 2.75) is 31.2 Å². The number of aliphatic carboxylic acids is 1. The maximum Gasteiger partial charge on any atom is 0.410 e. The summed E-state index contributed by atoms with van der Waals surface area (Å²) in [6.07, 6.45) is 5.91. The zero-order valence-electron chi connectivity index (χ0n) is 17.3. The minimum absolute atomic E-state index is 0.0147. The first-order valence-corrected chi connectivity index (χ1v) is 11.4. The molecule has 2 atom stereocenters. The summed E-state index contributed by atoms with van der Waals surface area (Å²) in [4.78, 5) is 25.8. The summed E-state index contributed by atoms with van der Waals surface area (Å²) < 4.78 is 6.66. The zero-order chi connectivity index (χ0) is 22.0. The van der Waals surface area contributed by atoms with E-state index in [-0.39, 0.29) is 18.9 Å². The molecule has 1 N–H and O–H groups in total. The minimum atomic E-state index is -1.05. The number of carbonyl (C=O) groups excluding carboxylic acids is 1. The number of hydrogen-bond acceptors (Lipinski definition) is 3. The van der Waals surface area contributed by atoms with E-state index in [2.05, 4.69) is 46.9 Å². The second-order valence-electron chi connectivity index (χ2n) is 7.89. The van der Waals surface area contributed by atoms with Crippen LogP contribution in [0, 0.1) is 3.57 Å². The third kappa shape index (κ3) is 4.54. The highest BCUT2D eigenvalue weighted by Crippen LogP contribution is 2.46. The highest BCUT2D eigenvalue weighted by atomic mass is 127. The molecule has 0 saturated heterocycles. The molecule has 4 rings (SSSR count). The molecular formula is C25H24INO4. The lowest BCUT2D eigenvalue weighted by Gasteiger charge is -2.25. The molecule has 0 fully saturated rings. The fraction of sp³-hybridized carbons (Fsp3) is 0.280. The molecule has 0 saturated carbocycles. The van der Waals surface area contributed by atoms with Crippen LogP contribution >= 0.6 is 22.6 Å². The molecule has 6 heteroatoms. The van der Waals surface area contributed by atoms with Gasteiger partial charge in [0.15, 0.2) is 0 Å². The molecule has 2 aromatic rings. The van der Waals surface area contributed by atoms with Gasteiger partial charge < -0.3 is 9.84 Å². The van der Waals surface area contributed by atoms with Crippen LogP contribution in [0.5, 0.6) is 0 Å². The van der Waals surface area contributed by atoms with Crippen LogP contribution in [0.1, 0.15) is 35.4 Å². The smallest absolute Gasteiger partial charge is 0.410 e. The Kier molecular flexibility index (Phi) is 6.46. The van der Waals surface area contributed by atoms with Crippen LogP contribution in [0.25, 0.3) is 5.57 Å². The molecule has 2 aliphatic rings. The largest absolute Gasteiger partial charge is 0.480 e. The van der Waals surface area contributed by atoms with Crippen molar-refractivity contribution < 1.29 is 19.4 Å². The van der Waals surface area contributed by atoms with Crippen molar-refractivity contribution in [2.24, 2.45) is 0 Å². The average Bonchev–Trinajstić information content (AvgIpc) is 3.09. The van der Waals surface area contributed by atoms with Gasteiger partial charge in [0.25, 0.3) is 0 Å². The van der Waals surface area contributed by atoms with Crippen molar-refractivity contribution in [3.63, 3.8) is 0 Å². The fourth-order valence-corrected chi connectivity index (χ4v) is 4.99. The molecule has 0 aromatic heterocycles. The molecule has 0 radical (unpaired) electrons. The van der Waals surface area contributed by atoms with Crippen molar-refractivity contribution >= 4 is 40.2 Å². The first kappa shape index (κ1) is 21.6. The molecule has 2 aromatic carbocycles. The van der Waals surface area contributed by atoms with Crippen molar-refractivity contribution in [2.75, 3.05) is 13.7 Å². The molecular weight excluding hydrogens is 505 g/mol. The molecule has 0 spiro atoms. The fourth-order valence-electron chi connectivity index (χ4n) is 4.38. The quantitative estimate of drug-likeness (QED) is 0.519. The molecule has 0 heterocycles. The lowest BCUT2D eigenvalue weighted by molar-refractivity contribution is -0.142. The van der Waals surface area contributed by atoms with E-state index in [0.717, 1.165) is 22.0 Å². The van der Waals surface area contributed by atoms with E-state index in [1.807, 2.05) is 36.4 Å². The number of rotatable bonds is 6. The number of halogens is 1. The number of carboxylic acids is 1. The number of nitrogens with zero attached hydrogens (tertiary/aromatic N) is 1. The van der Waals surface area contributed by atoms with Crippen LogP contribution < -0.4 is 0 Å². The van der Waals surface area contributed by atoms with E-state index in [1.54, 1.807) is 0 Å². The molecule has 0 aliphatic heterocycles. The number of hydrogen-bond donors (Lipinski definition) is 1. The molecule has 160 valence electrons. The van der Waals surface area contributed by atoms with E-state index >= 15 is 0 Å². The van der Waals surface area contributed by atoms with Gasteiger partial charge in [-0.25, -0.2) is 9.59 Å². The molecule has 0 bridgehead atoms. The lowest BCUT2D eigenvalue weighted by atomic mass is 9.93. The van der Waals surface area contributed by atoms with Crippen LogP contribution in [0.3, 0.4) is 0 Å². The standard InChI is InChI=1S/C25H24INO4/c1-27(23(24(28)29)14-16-7-6-8-17(26)13-16)25(30)31-15-22-20-11-4-2-9-18(20)19-10-3-5-12-21(19)22/h2,4-9,11-13,22-23H,3,10,14-15H2,1H3,(H,28,29)/t22?,23-/m0/s1. The summed E-state index contributed by atoms with van der Waals surface area (Å²) >= 11 is 2.19. The van der Waals surface area contributed by atoms with Gasteiger partial charge in [0, 0.05) is 23.0 Å². The maximum absolute atomic E-state index is 12.8. The Hall–Kier alpha value is -2.61. The number of amides is 1. The average molecular weight is 529 g/mol. The number of allylic oxidation sites excluding steroid dienone is 3. The number of likely N-dealkylation sites (N-methyl/N-ethyl adjacent to an activating group) is 1. The second-order valence-corrected chi connectivity index (χ2v) is 9.14. The van der Waals surface area contributed by atoms with Gasteiger partial charge in [0.05, 0.1) is 0 Å². The van der Waals surface area contributed by atoms with E-state index in [9.17, 15) is 14.7 Å². The summed E-state index contributed by atoms with van der Waals surface area (Å²) in [7, 11) is 1.49. The molecule has 1 unspecified atom stereocenters. The van der Waals surface area contributed by atoms with Crippen molar-refractivity contribution in [1.29, 1.82) is 0 Å². The first-order chi connectivity index (χ1) is 15.0. The Bertz CT molecular complexity index is 1070. The van der Waals surface area contributed by atoms with Gasteiger partial charge in [-0.2, -0.15) is 0 Å². The Morgan fingerprint density at radius 3 is 2.81 bits per heavy atom. The Labute approximate surface area is 195 Å². The molecule has 31 heavy (non-hydrogen) atoms. The summed E-state index contributed by atoms with van der Waals surface area (Å²) in [5, 5.41) is 9.72. The van der Waals surface area contributed by atoms with Gasteiger partial charge in [0.1, 0.15) is 12.6 Å². The topological polar surface area (TPSA) is 66.8 Å². The monoisotopic (exact) mass is 529 g/mol. The van der Waals surface area contributed by atoms with Crippen LogP contribution in [0.15, 0.2) is 66.3 Å². The van der Waals surface area contributed by atoms with Crippen LogP contribution in [-0.2, 0) is 16.0 Å². The maximum atomic E-state index is 12.8. The summed E-state index contributed by atoms with van der Waals surface area (Å²) in [5.41, 5.74) is 5.80. The molecule has 2 aliphatic carbocycles. The van der Waals surface area contributed by atoms with Gasteiger partial charge in [-0.1, -0.05) is 48.6 Å². The normalized spacial score (nSPS) is 17.7. The van der Waals surface area contributed by atoms with E-state index < -0.39 is 18.1 Å². The highest BCUT2D eigenvalue weighted by molar-refractivity contribution is 14.1. The van der Waals surface area contributed by atoms with Crippen molar-refractivity contribution in [3.8, 4) is 0 Å². The van der Waals surface area contributed by atoms with Gasteiger partial charge in [-0.3, -0.25) is 4.90 Å². The van der Waals surface area contributed by atoms with Gasteiger partial charge in [0.2, 0.25) is 0 Å². The van der Waals surface area contributed by atoms with E-state index in [1.165, 1.54) is 34.2 Å². The van der Waals surface area contributed by atoms with E-state index in [0.29, 0.717) is 0 Å². The molecule has 5 nitrogen and oxygen atoms in total. The lowest BCUT2D eigenvalue weighted by Crippen LogP contribution is -2.44. The second kappa shape index (κ2) is 9.26. The number of carboxylic acid groups (broad SMARTS) is 1. The van der Waals surface area contributed by atoms with Crippen molar-refractivity contribution in [1.82, 2.24) is 4.90 Å². The Balaban J connectivity index is 1.47. The predicted octanol–water partition coefficient (Wildman–Crippen LogP) is 5.26. The number of fused-ring (bicyclic) bond motifs is 2. The SMILES string of the molecule is CN(C(=O)OCC1C2=C(CCC=C2)c2ccccc21)[C@@H](Cc1cccc(I)c1)C(=O)O. The number of benzene rings is 2.